The van der Waals surface area contributed by atoms with E-state index in [-0.39, 0.29) is 5.91 Å². The lowest BCUT2D eigenvalue weighted by Gasteiger charge is -2.11. The number of carbonyl (C=O) groups excluding carboxylic acids is 2. The van der Waals surface area contributed by atoms with Crippen molar-refractivity contribution >= 4 is 17.6 Å². The van der Waals surface area contributed by atoms with Gasteiger partial charge in [-0.05, 0) is 36.8 Å². The highest BCUT2D eigenvalue weighted by atomic mass is 16.5. The van der Waals surface area contributed by atoms with Gasteiger partial charge < -0.3 is 14.5 Å². The van der Waals surface area contributed by atoms with E-state index in [2.05, 4.69) is 10.3 Å². The Hall–Kier alpha value is -4.19. The van der Waals surface area contributed by atoms with Crippen LogP contribution in [0, 0.1) is 6.92 Å². The minimum absolute atomic E-state index is 0.333. The van der Waals surface area contributed by atoms with Crippen LogP contribution >= 0.6 is 0 Å². The van der Waals surface area contributed by atoms with Gasteiger partial charge >= 0.3 is 5.97 Å². The Bertz CT molecular complexity index is 1250. The van der Waals surface area contributed by atoms with Crippen molar-refractivity contribution in [1.82, 2.24) is 4.98 Å². The zero-order valence-electron chi connectivity index (χ0n) is 17.1. The van der Waals surface area contributed by atoms with Crippen LogP contribution in [0.3, 0.4) is 0 Å². The molecule has 0 bridgehead atoms. The molecule has 0 aliphatic carbocycles. The molecule has 1 N–H and O–H groups in total. The summed E-state index contributed by atoms with van der Waals surface area (Å²) in [7, 11) is 1.32. The topological polar surface area (TPSA) is 81.4 Å². The number of aryl methyl sites for hydroxylation is 1. The molecule has 3 aromatic carbocycles. The highest BCUT2D eigenvalue weighted by Gasteiger charge is 2.18. The summed E-state index contributed by atoms with van der Waals surface area (Å²) >= 11 is 0. The number of hydrogen-bond donors (Lipinski definition) is 1. The van der Waals surface area contributed by atoms with E-state index < -0.39 is 5.97 Å². The molecule has 0 radical (unpaired) electrons. The first-order chi connectivity index (χ1) is 15.1. The minimum atomic E-state index is -0.468. The van der Waals surface area contributed by atoms with Crippen LogP contribution in [0.25, 0.3) is 22.8 Å². The number of nitrogens with one attached hydrogen (secondary N) is 1. The molecule has 4 aromatic rings. The van der Waals surface area contributed by atoms with Crippen molar-refractivity contribution in [2.75, 3.05) is 12.4 Å². The van der Waals surface area contributed by atoms with Gasteiger partial charge in [0, 0.05) is 16.8 Å². The maximum absolute atomic E-state index is 13.1. The molecular weight excluding hydrogens is 392 g/mol. The van der Waals surface area contributed by atoms with Crippen LogP contribution < -0.4 is 5.32 Å². The molecule has 1 aromatic heterocycles. The number of rotatable bonds is 5. The number of aromatic nitrogens is 1. The fourth-order valence-electron chi connectivity index (χ4n) is 3.19. The van der Waals surface area contributed by atoms with Crippen molar-refractivity contribution in [3.8, 4) is 22.8 Å². The molecule has 0 saturated carbocycles. The number of ether oxygens (including phenoxy) is 1. The molecule has 0 spiro atoms. The lowest BCUT2D eigenvalue weighted by Crippen LogP contribution is -2.14. The number of esters is 1. The summed E-state index contributed by atoms with van der Waals surface area (Å²) in [6, 6.07) is 21.7. The van der Waals surface area contributed by atoms with E-state index in [1.165, 1.54) is 7.11 Å². The first kappa shape index (κ1) is 20.1. The minimum Gasteiger partial charge on any atom is -0.465 e. The maximum atomic E-state index is 13.1. The van der Waals surface area contributed by atoms with Gasteiger partial charge in [-0.25, -0.2) is 9.78 Å². The number of hydrogen-bond acceptors (Lipinski definition) is 5. The van der Waals surface area contributed by atoms with Gasteiger partial charge in [0.25, 0.3) is 5.91 Å². The molecule has 31 heavy (non-hydrogen) atoms. The van der Waals surface area contributed by atoms with E-state index in [4.69, 9.17) is 9.15 Å². The number of benzene rings is 3. The number of methoxy groups -OCH3 is 1. The van der Waals surface area contributed by atoms with Crippen LogP contribution in [0.2, 0.25) is 0 Å². The number of anilines is 1. The third-order valence-corrected chi connectivity index (χ3v) is 4.87. The Morgan fingerprint density at radius 1 is 0.968 bits per heavy atom. The molecule has 6 heteroatoms. The Labute approximate surface area is 179 Å². The van der Waals surface area contributed by atoms with E-state index in [1.54, 1.807) is 42.6 Å². The van der Waals surface area contributed by atoms with Gasteiger partial charge in [0.1, 0.15) is 0 Å². The van der Waals surface area contributed by atoms with Crippen LogP contribution in [-0.4, -0.2) is 24.0 Å². The zero-order chi connectivity index (χ0) is 21.8. The van der Waals surface area contributed by atoms with E-state index in [0.717, 1.165) is 11.1 Å². The van der Waals surface area contributed by atoms with Crippen LogP contribution in [0.5, 0.6) is 0 Å². The van der Waals surface area contributed by atoms with Gasteiger partial charge in [-0.15, -0.1) is 0 Å². The van der Waals surface area contributed by atoms with Crippen LogP contribution in [0.15, 0.2) is 83.4 Å². The van der Waals surface area contributed by atoms with Gasteiger partial charge in [-0.2, -0.15) is 0 Å². The zero-order valence-corrected chi connectivity index (χ0v) is 17.1. The fourth-order valence-corrected chi connectivity index (χ4v) is 3.19. The van der Waals surface area contributed by atoms with E-state index in [9.17, 15) is 9.59 Å². The SMILES string of the molecule is COC(=O)c1ccc(C)c(NC(=O)c2ccccc2-c2ncc(-c3ccccc3)o2)c1. The number of nitrogens with zero attached hydrogens (tertiary/aromatic N) is 1. The first-order valence-corrected chi connectivity index (χ1v) is 9.68. The number of oxazole rings is 1. The molecule has 0 saturated heterocycles. The third-order valence-electron chi connectivity index (χ3n) is 4.87. The predicted molar refractivity (Wildman–Crippen MR) is 118 cm³/mol. The second-order valence-electron chi connectivity index (χ2n) is 6.92. The Balaban J connectivity index is 1.65. The molecule has 0 aliphatic heterocycles. The number of carbonyl (C=O) groups is 2. The molecule has 1 amide bonds. The first-order valence-electron chi connectivity index (χ1n) is 9.68. The highest BCUT2D eigenvalue weighted by molar-refractivity contribution is 6.09. The average molecular weight is 412 g/mol. The second kappa shape index (κ2) is 8.67. The van der Waals surface area contributed by atoms with Crippen molar-refractivity contribution in [3.63, 3.8) is 0 Å². The summed E-state index contributed by atoms with van der Waals surface area (Å²) in [6.07, 6.45) is 1.64. The maximum Gasteiger partial charge on any atom is 0.337 e. The largest absolute Gasteiger partial charge is 0.465 e. The molecule has 0 unspecified atom stereocenters. The summed E-state index contributed by atoms with van der Waals surface area (Å²) in [4.78, 5) is 29.3. The van der Waals surface area contributed by atoms with Gasteiger partial charge in [-0.3, -0.25) is 4.79 Å². The Morgan fingerprint density at radius 3 is 2.48 bits per heavy atom. The fraction of sp³-hybridized carbons (Fsp3) is 0.0800. The lowest BCUT2D eigenvalue weighted by molar-refractivity contribution is 0.0600. The van der Waals surface area contributed by atoms with Gasteiger partial charge in [-0.1, -0.05) is 48.5 Å². The van der Waals surface area contributed by atoms with E-state index in [1.807, 2.05) is 43.3 Å². The summed E-state index contributed by atoms with van der Waals surface area (Å²) in [5.74, 6) is 0.168. The normalized spacial score (nSPS) is 10.5. The molecule has 6 nitrogen and oxygen atoms in total. The summed E-state index contributed by atoms with van der Waals surface area (Å²) in [6.45, 7) is 1.85. The molecule has 0 aliphatic rings. The molecule has 0 fully saturated rings. The predicted octanol–water partition coefficient (Wildman–Crippen LogP) is 5.36. The van der Waals surface area contributed by atoms with Crippen molar-refractivity contribution in [1.29, 1.82) is 0 Å². The molecule has 4 rings (SSSR count). The van der Waals surface area contributed by atoms with Gasteiger partial charge in [0.2, 0.25) is 5.89 Å². The van der Waals surface area contributed by atoms with Crippen LogP contribution in [0.4, 0.5) is 5.69 Å². The quantitative estimate of drug-likeness (QED) is 0.447. The summed E-state index contributed by atoms with van der Waals surface area (Å²) in [5, 5.41) is 2.88. The highest BCUT2D eigenvalue weighted by Crippen LogP contribution is 2.29. The van der Waals surface area contributed by atoms with Crippen molar-refractivity contribution in [2.24, 2.45) is 0 Å². The second-order valence-corrected chi connectivity index (χ2v) is 6.92. The third kappa shape index (κ3) is 4.23. The van der Waals surface area contributed by atoms with E-state index >= 15 is 0 Å². The Morgan fingerprint density at radius 2 is 1.71 bits per heavy atom. The number of amides is 1. The van der Waals surface area contributed by atoms with Crippen LogP contribution in [-0.2, 0) is 4.74 Å². The average Bonchev–Trinajstić information content (AvgIpc) is 3.31. The van der Waals surface area contributed by atoms with Crippen molar-refractivity contribution in [3.05, 3.63) is 95.7 Å². The molecule has 154 valence electrons. The molecular formula is C25H20N2O4. The van der Waals surface area contributed by atoms with Crippen LogP contribution in [0.1, 0.15) is 26.3 Å². The van der Waals surface area contributed by atoms with Crippen molar-refractivity contribution in [2.45, 2.75) is 6.92 Å². The summed E-state index contributed by atoms with van der Waals surface area (Å²) in [5.41, 5.74) is 3.59. The monoisotopic (exact) mass is 412 g/mol. The molecule has 0 atom stereocenters. The lowest BCUT2D eigenvalue weighted by atomic mass is 10.1. The van der Waals surface area contributed by atoms with Gasteiger partial charge in [0.15, 0.2) is 5.76 Å². The molecule has 1 heterocycles. The smallest absolute Gasteiger partial charge is 0.337 e. The van der Waals surface area contributed by atoms with E-state index in [0.29, 0.717) is 34.0 Å². The summed E-state index contributed by atoms with van der Waals surface area (Å²) < 4.78 is 10.7. The van der Waals surface area contributed by atoms with Gasteiger partial charge in [0.05, 0.1) is 24.4 Å². The Kier molecular flexibility index (Phi) is 5.62. The van der Waals surface area contributed by atoms with Crippen molar-refractivity contribution < 1.29 is 18.7 Å². The standard InChI is InChI=1S/C25H20N2O4/c1-16-12-13-18(25(29)30-2)14-21(16)27-23(28)19-10-6-7-11-20(19)24-26-15-22(31-24)17-8-4-3-5-9-17/h3-15H,1-2H3,(H,27,28).